The molecule has 0 saturated heterocycles. The minimum absolute atomic E-state index is 0.0117. The monoisotopic (exact) mass is 1290 g/mol. The molecule has 1 aliphatic heterocycles. The molecule has 0 spiro atoms. The smallest absolute Gasteiger partial charge is 0.410 e. The first-order valence-electron chi connectivity index (χ1n) is 30.8. The van der Waals surface area contributed by atoms with Crippen LogP contribution in [0.4, 0.5) is 15.6 Å². The van der Waals surface area contributed by atoms with Gasteiger partial charge in [0.05, 0.1) is 40.1 Å². The zero-order valence-corrected chi connectivity index (χ0v) is 53.1. The van der Waals surface area contributed by atoms with Gasteiger partial charge in [-0.2, -0.15) is 13.5 Å². The van der Waals surface area contributed by atoms with Gasteiger partial charge in [-0.25, -0.2) is 19.6 Å². The number of unbranched alkanes of at least 4 members (excludes halogenated alkanes) is 2. The summed E-state index contributed by atoms with van der Waals surface area (Å²) in [4.78, 5) is 101. The predicted molar refractivity (Wildman–Crippen MR) is 348 cm³/mol. The third kappa shape index (κ3) is 15.2. The highest BCUT2D eigenvalue weighted by atomic mass is 32.2. The standard InChI is InChI=1S/C68H73N9O13S2/c1-44-52(49-22-23-53(72-60(49)62(83)84)47-21-20-46-14-10-16-50(51(46)35-47)61(82)74-63-73-54-17-6-7-18-55(54)91-63)36-70-77(44)43-67-38-65(2)37-66(3,39-67)41-68(40-65,42-67)90-32-29-75(30-33-92(86,87)88)64(85)89-31-11-13-45-12-9-15-48(34-45)71-57(79)26-27-69-56(78)19-5-4-8-28-76-58(80)24-25-59(76)81/h6-7,9-18,20-25,34-36H,4-5,8,19,26-33,37-43H2,1-3H3,(H,69,78)(H,71,79)(H,83,84)(H,73,74,82)(H,86,87,88)/b13-11+. The summed E-state index contributed by atoms with van der Waals surface area (Å²) in [7, 11) is -4.45. The molecule has 92 heavy (non-hydrogen) atoms. The van der Waals surface area contributed by atoms with Crippen LogP contribution >= 0.6 is 11.3 Å². The molecule has 4 heterocycles. The van der Waals surface area contributed by atoms with Crippen molar-refractivity contribution in [3.63, 3.8) is 0 Å². The van der Waals surface area contributed by atoms with Crippen LogP contribution < -0.4 is 16.0 Å². The van der Waals surface area contributed by atoms with Crippen LogP contribution in [0.25, 0.3) is 49.4 Å². The summed E-state index contributed by atoms with van der Waals surface area (Å²) in [6.45, 7) is 7.08. The third-order valence-corrected chi connectivity index (χ3v) is 19.5. The number of aromatic carboxylic acids is 1. The molecule has 4 bridgehead atoms. The number of ether oxygens (including phenoxy) is 2. The first-order valence-corrected chi connectivity index (χ1v) is 33.2. The average Bonchev–Trinajstić information content (AvgIpc) is 0.728. The number of carbonyl (C=O) groups is 7. The molecule has 4 fully saturated rings. The van der Waals surface area contributed by atoms with Crippen LogP contribution in [0, 0.1) is 23.2 Å². The lowest BCUT2D eigenvalue weighted by molar-refractivity contribution is -0.248. The summed E-state index contributed by atoms with van der Waals surface area (Å²) in [5, 5.41) is 26.1. The fourth-order valence-corrected chi connectivity index (χ4v) is 16.4. The Bertz CT molecular complexity index is 4160. The van der Waals surface area contributed by atoms with E-state index in [1.807, 2.05) is 66.2 Å². The number of fused-ring (bicyclic) bond motifs is 2. The topological polar surface area (TPSA) is 299 Å². The van der Waals surface area contributed by atoms with Gasteiger partial charge in [-0.15, -0.1) is 0 Å². The first-order chi connectivity index (χ1) is 43.9. The number of carboxylic acid groups (broad SMARTS) is 1. The van der Waals surface area contributed by atoms with Gasteiger partial charge < -0.3 is 30.1 Å². The molecule has 2 atom stereocenters. The number of amides is 6. The Morgan fingerprint density at radius 3 is 2.33 bits per heavy atom. The van der Waals surface area contributed by atoms with E-state index in [1.165, 1.54) is 33.3 Å². The van der Waals surface area contributed by atoms with Crippen molar-refractivity contribution < 1.29 is 61.1 Å². The molecule has 0 radical (unpaired) electrons. The van der Waals surface area contributed by atoms with E-state index < -0.39 is 33.5 Å². The molecule has 4 saturated carbocycles. The fourth-order valence-electron chi connectivity index (χ4n) is 15.1. The van der Waals surface area contributed by atoms with Crippen LogP contribution in [0.1, 0.15) is 117 Å². The number of para-hydroxylation sites is 1. The van der Waals surface area contributed by atoms with E-state index in [0.717, 1.165) is 53.4 Å². The number of thiazole rings is 1. The minimum Gasteiger partial charge on any atom is -0.476 e. The van der Waals surface area contributed by atoms with Gasteiger partial charge in [-0.05, 0) is 145 Å². The molecule has 5 aliphatic rings. The van der Waals surface area contributed by atoms with Crippen LogP contribution in [0.3, 0.4) is 0 Å². The molecule has 6 amide bonds. The lowest BCUT2D eigenvalue weighted by atomic mass is 9.39. The highest BCUT2D eigenvalue weighted by Crippen LogP contribution is 2.72. The van der Waals surface area contributed by atoms with Crippen LogP contribution in [0.2, 0.25) is 0 Å². The molecule has 12 rings (SSSR count). The molecule has 480 valence electrons. The summed E-state index contributed by atoms with van der Waals surface area (Å²) >= 11 is 1.39. The number of carbonyl (C=O) groups excluding carboxylic acids is 6. The second-order valence-corrected chi connectivity index (χ2v) is 28.2. The number of aromatic nitrogens is 4. The van der Waals surface area contributed by atoms with E-state index in [1.54, 1.807) is 60.8 Å². The number of rotatable bonds is 27. The number of nitrogens with one attached hydrogen (secondary N) is 3. The second-order valence-electron chi connectivity index (χ2n) is 25.6. The van der Waals surface area contributed by atoms with Gasteiger partial charge in [0, 0.05) is 91.4 Å². The number of benzene rings is 4. The van der Waals surface area contributed by atoms with Crippen molar-refractivity contribution in [3.05, 3.63) is 144 Å². The lowest BCUT2D eigenvalue weighted by Crippen LogP contribution is -2.64. The molecule has 22 nitrogen and oxygen atoms in total. The number of imide groups is 1. The van der Waals surface area contributed by atoms with Crippen molar-refractivity contribution in [2.45, 2.75) is 104 Å². The van der Waals surface area contributed by atoms with E-state index in [4.69, 9.17) is 19.6 Å². The second kappa shape index (κ2) is 26.7. The maximum absolute atomic E-state index is 13.7. The maximum atomic E-state index is 13.7. The number of anilines is 2. The molecule has 4 aromatic carbocycles. The van der Waals surface area contributed by atoms with E-state index in [9.17, 15) is 51.6 Å². The molecule has 5 N–H and O–H groups in total. The van der Waals surface area contributed by atoms with E-state index in [0.29, 0.717) is 88.5 Å². The van der Waals surface area contributed by atoms with Crippen LogP contribution in [0.5, 0.6) is 0 Å². The zero-order chi connectivity index (χ0) is 65.0. The summed E-state index contributed by atoms with van der Waals surface area (Å²) in [6, 6.07) is 29.2. The van der Waals surface area contributed by atoms with Gasteiger partial charge >= 0.3 is 12.1 Å². The summed E-state index contributed by atoms with van der Waals surface area (Å²) < 4.78 is 49.1. The van der Waals surface area contributed by atoms with Gasteiger partial charge in [0.25, 0.3) is 27.8 Å². The minimum atomic E-state index is -4.45. The molecule has 7 aromatic rings. The van der Waals surface area contributed by atoms with Crippen molar-refractivity contribution in [1.82, 2.24) is 34.9 Å². The van der Waals surface area contributed by atoms with Crippen LogP contribution in [-0.4, -0.2) is 140 Å². The molecule has 3 aromatic heterocycles. The Morgan fingerprint density at radius 2 is 1.57 bits per heavy atom. The molecule has 24 heteroatoms. The van der Waals surface area contributed by atoms with Gasteiger partial charge in [0.15, 0.2) is 10.8 Å². The molecule has 2 unspecified atom stereocenters. The van der Waals surface area contributed by atoms with Crippen molar-refractivity contribution >= 4 is 101 Å². The Kier molecular flexibility index (Phi) is 18.7. The normalized spacial score (nSPS) is 20.8. The molecular formula is C68H73N9O13S2. The van der Waals surface area contributed by atoms with Gasteiger partial charge in [-0.1, -0.05) is 86.2 Å². The van der Waals surface area contributed by atoms with Crippen molar-refractivity contribution in [2.24, 2.45) is 16.2 Å². The summed E-state index contributed by atoms with van der Waals surface area (Å²) in [5.74, 6) is -3.42. The lowest BCUT2D eigenvalue weighted by Gasteiger charge is -2.69. The highest BCUT2D eigenvalue weighted by molar-refractivity contribution is 7.85. The maximum Gasteiger partial charge on any atom is 0.410 e. The first kappa shape index (κ1) is 64.6. The van der Waals surface area contributed by atoms with Crippen molar-refractivity contribution in [2.75, 3.05) is 55.8 Å². The molecular weight excluding hydrogens is 1210 g/mol. The Labute approximate surface area is 536 Å². The van der Waals surface area contributed by atoms with Gasteiger partial charge in [0.1, 0.15) is 6.61 Å². The molecule has 4 aliphatic carbocycles. The quantitative estimate of drug-likeness (QED) is 0.0182. The number of pyridine rings is 1. The van der Waals surface area contributed by atoms with E-state index >= 15 is 0 Å². The Balaban J connectivity index is 0.692. The van der Waals surface area contributed by atoms with Crippen LogP contribution in [-0.2, 0) is 45.3 Å². The van der Waals surface area contributed by atoms with Gasteiger partial charge in [0.2, 0.25) is 11.8 Å². The number of hydrogen-bond donors (Lipinski definition) is 5. The van der Waals surface area contributed by atoms with E-state index in [2.05, 4.69) is 34.8 Å². The number of carboxylic acids is 1. The Hall–Kier alpha value is -8.97. The van der Waals surface area contributed by atoms with E-state index in [-0.39, 0.29) is 97.2 Å². The fraction of sp³-hybridized carbons (Fsp3) is 0.382. The highest BCUT2D eigenvalue weighted by Gasteiger charge is 2.66. The SMILES string of the molecule is Cc1c(-c2ccc(-c3ccc4cccc(C(=O)Nc5nc6ccccc6s5)c4c3)nc2C(=O)O)cnn1CC12CC3(C)CC(C)(C1)CC(OCCN(CCS(=O)(=O)O)C(=O)OC/C=C/c1cccc(NC(=O)CCNC(=O)CCCCCN4C(=O)C=CC4=O)c1)(C3)C2. The summed E-state index contributed by atoms with van der Waals surface area (Å²) in [6.07, 6.45) is 13.9. The summed E-state index contributed by atoms with van der Waals surface area (Å²) in [5.41, 5.74) is 4.17. The van der Waals surface area contributed by atoms with Crippen molar-refractivity contribution in [1.29, 1.82) is 0 Å². The Morgan fingerprint density at radius 1 is 0.793 bits per heavy atom. The largest absolute Gasteiger partial charge is 0.476 e. The zero-order valence-electron chi connectivity index (χ0n) is 51.4. The average molecular weight is 1290 g/mol. The number of hydrogen-bond acceptors (Lipinski definition) is 15. The van der Waals surface area contributed by atoms with Crippen LogP contribution in [0.15, 0.2) is 121 Å². The van der Waals surface area contributed by atoms with Gasteiger partial charge in [-0.3, -0.25) is 43.4 Å². The predicted octanol–water partition coefficient (Wildman–Crippen LogP) is 10.7. The third-order valence-electron chi connectivity index (χ3n) is 17.9. The van der Waals surface area contributed by atoms with Crippen molar-refractivity contribution in [3.8, 4) is 22.4 Å². The number of nitrogens with zero attached hydrogens (tertiary/aromatic N) is 6.